The Morgan fingerprint density at radius 1 is 1.25 bits per heavy atom. The standard InChI is InChI=1S/C16H22N8/c1-11-20-12(2)24(21-11)9-13-5-4-6-23(8-13)16-14-7-19-22(3)15(14)17-10-18-16/h7,10,13H,4-6,8-9H2,1-3H3/t13-/m1/s1. The Kier molecular flexibility index (Phi) is 3.66. The minimum Gasteiger partial charge on any atom is -0.356 e. The van der Waals surface area contributed by atoms with E-state index in [1.165, 1.54) is 6.42 Å². The third-order valence-electron chi connectivity index (χ3n) is 4.72. The number of rotatable bonds is 3. The summed E-state index contributed by atoms with van der Waals surface area (Å²) in [6, 6.07) is 0. The van der Waals surface area contributed by atoms with E-state index in [0.717, 1.165) is 54.6 Å². The molecule has 3 aromatic heterocycles. The van der Waals surface area contributed by atoms with Gasteiger partial charge in [0.25, 0.3) is 0 Å². The average Bonchev–Trinajstić information content (AvgIpc) is 3.10. The number of fused-ring (bicyclic) bond motifs is 1. The Labute approximate surface area is 140 Å². The van der Waals surface area contributed by atoms with Crippen LogP contribution < -0.4 is 4.90 Å². The molecular weight excluding hydrogens is 304 g/mol. The summed E-state index contributed by atoms with van der Waals surface area (Å²) in [5, 5.41) is 9.84. The van der Waals surface area contributed by atoms with Crippen LogP contribution in [0.5, 0.6) is 0 Å². The van der Waals surface area contributed by atoms with Crippen molar-refractivity contribution in [3.63, 3.8) is 0 Å². The zero-order valence-electron chi connectivity index (χ0n) is 14.3. The fourth-order valence-corrected chi connectivity index (χ4v) is 3.59. The van der Waals surface area contributed by atoms with Crippen molar-refractivity contribution in [1.29, 1.82) is 0 Å². The lowest BCUT2D eigenvalue weighted by molar-refractivity contribution is 0.347. The Morgan fingerprint density at radius 2 is 2.12 bits per heavy atom. The van der Waals surface area contributed by atoms with Gasteiger partial charge in [0.15, 0.2) is 5.65 Å². The quantitative estimate of drug-likeness (QED) is 0.726. The second-order valence-corrected chi connectivity index (χ2v) is 6.55. The Balaban J connectivity index is 1.57. The lowest BCUT2D eigenvalue weighted by Gasteiger charge is -2.33. The van der Waals surface area contributed by atoms with E-state index in [4.69, 9.17) is 0 Å². The van der Waals surface area contributed by atoms with Gasteiger partial charge in [0, 0.05) is 26.7 Å². The van der Waals surface area contributed by atoms with Crippen LogP contribution in [0.15, 0.2) is 12.5 Å². The van der Waals surface area contributed by atoms with Crippen molar-refractivity contribution in [3.8, 4) is 0 Å². The molecule has 0 aromatic carbocycles. The molecule has 1 aliphatic heterocycles. The maximum atomic E-state index is 4.53. The fraction of sp³-hybridized carbons (Fsp3) is 0.562. The number of aryl methyl sites for hydroxylation is 3. The Morgan fingerprint density at radius 3 is 2.92 bits per heavy atom. The molecule has 0 radical (unpaired) electrons. The van der Waals surface area contributed by atoms with Crippen LogP contribution in [0, 0.1) is 19.8 Å². The van der Waals surface area contributed by atoms with Gasteiger partial charge in [-0.15, -0.1) is 0 Å². The van der Waals surface area contributed by atoms with Gasteiger partial charge in [-0.25, -0.2) is 19.6 Å². The molecule has 1 saturated heterocycles. The second kappa shape index (κ2) is 5.85. The minimum atomic E-state index is 0.542. The zero-order chi connectivity index (χ0) is 16.7. The van der Waals surface area contributed by atoms with E-state index in [1.807, 2.05) is 31.8 Å². The largest absolute Gasteiger partial charge is 0.356 e. The lowest BCUT2D eigenvalue weighted by atomic mass is 9.98. The third kappa shape index (κ3) is 2.61. The maximum absolute atomic E-state index is 4.53. The van der Waals surface area contributed by atoms with E-state index in [1.54, 1.807) is 11.0 Å². The van der Waals surface area contributed by atoms with E-state index in [9.17, 15) is 0 Å². The van der Waals surface area contributed by atoms with E-state index in [0.29, 0.717) is 5.92 Å². The van der Waals surface area contributed by atoms with Gasteiger partial charge in [0.2, 0.25) is 0 Å². The summed E-state index contributed by atoms with van der Waals surface area (Å²) in [4.78, 5) is 15.6. The van der Waals surface area contributed by atoms with Gasteiger partial charge >= 0.3 is 0 Å². The average molecular weight is 326 g/mol. The molecule has 1 fully saturated rings. The van der Waals surface area contributed by atoms with Gasteiger partial charge in [-0.1, -0.05) is 0 Å². The van der Waals surface area contributed by atoms with Crippen LogP contribution in [-0.2, 0) is 13.6 Å². The van der Waals surface area contributed by atoms with E-state index in [2.05, 4.69) is 30.0 Å². The minimum absolute atomic E-state index is 0.542. The second-order valence-electron chi connectivity index (χ2n) is 6.55. The molecule has 1 aliphatic rings. The highest BCUT2D eigenvalue weighted by molar-refractivity contribution is 5.86. The van der Waals surface area contributed by atoms with Gasteiger partial charge in [-0.05, 0) is 32.6 Å². The third-order valence-corrected chi connectivity index (χ3v) is 4.72. The summed E-state index contributed by atoms with van der Waals surface area (Å²) in [6.45, 7) is 6.86. The molecule has 3 aromatic rings. The maximum Gasteiger partial charge on any atom is 0.163 e. The predicted octanol–water partition coefficient (Wildman–Crippen LogP) is 1.49. The molecule has 8 heteroatoms. The van der Waals surface area contributed by atoms with Crippen LogP contribution in [0.25, 0.3) is 11.0 Å². The molecule has 0 saturated carbocycles. The van der Waals surface area contributed by atoms with Crippen molar-refractivity contribution in [3.05, 3.63) is 24.2 Å². The van der Waals surface area contributed by atoms with Gasteiger partial charge in [0.1, 0.15) is 23.8 Å². The summed E-state index contributed by atoms with van der Waals surface area (Å²) in [5.74, 6) is 3.36. The van der Waals surface area contributed by atoms with Gasteiger partial charge < -0.3 is 4.90 Å². The zero-order valence-corrected chi connectivity index (χ0v) is 14.3. The van der Waals surface area contributed by atoms with Crippen LogP contribution >= 0.6 is 0 Å². The Bertz CT molecular complexity index is 864. The van der Waals surface area contributed by atoms with Gasteiger partial charge in [-0.3, -0.25) is 4.68 Å². The lowest BCUT2D eigenvalue weighted by Crippen LogP contribution is -2.38. The first-order valence-electron chi connectivity index (χ1n) is 8.37. The van der Waals surface area contributed by atoms with E-state index < -0.39 is 0 Å². The van der Waals surface area contributed by atoms with Crippen molar-refractivity contribution < 1.29 is 0 Å². The SMILES string of the molecule is Cc1nc(C)n(C[C@@H]2CCCN(c3ncnc4c3cnn4C)C2)n1. The molecule has 8 nitrogen and oxygen atoms in total. The van der Waals surface area contributed by atoms with Crippen LogP contribution in [-0.4, -0.2) is 47.6 Å². The molecule has 1 atom stereocenters. The monoisotopic (exact) mass is 326 g/mol. The Hall–Kier alpha value is -2.51. The van der Waals surface area contributed by atoms with Crippen molar-refractivity contribution in [2.45, 2.75) is 33.2 Å². The number of hydrogen-bond donors (Lipinski definition) is 0. The molecule has 0 N–H and O–H groups in total. The van der Waals surface area contributed by atoms with Gasteiger partial charge in [-0.2, -0.15) is 10.2 Å². The summed E-state index contributed by atoms with van der Waals surface area (Å²) in [5.41, 5.74) is 0.880. The molecule has 0 bridgehead atoms. The summed E-state index contributed by atoms with van der Waals surface area (Å²) in [7, 11) is 1.91. The number of nitrogens with zero attached hydrogens (tertiary/aromatic N) is 8. The molecule has 4 heterocycles. The molecular formula is C16H22N8. The predicted molar refractivity (Wildman–Crippen MR) is 90.7 cm³/mol. The molecule has 0 aliphatic carbocycles. The van der Waals surface area contributed by atoms with Crippen LogP contribution in [0.2, 0.25) is 0 Å². The molecule has 0 unspecified atom stereocenters. The van der Waals surface area contributed by atoms with Crippen molar-refractivity contribution in [2.75, 3.05) is 18.0 Å². The number of anilines is 1. The normalized spacial score (nSPS) is 18.5. The smallest absolute Gasteiger partial charge is 0.163 e. The molecule has 24 heavy (non-hydrogen) atoms. The van der Waals surface area contributed by atoms with Crippen LogP contribution in [0.4, 0.5) is 5.82 Å². The van der Waals surface area contributed by atoms with Crippen molar-refractivity contribution in [1.82, 2.24) is 34.5 Å². The first-order valence-corrected chi connectivity index (χ1v) is 8.37. The molecule has 0 amide bonds. The van der Waals surface area contributed by atoms with Crippen molar-refractivity contribution >= 4 is 16.9 Å². The highest BCUT2D eigenvalue weighted by atomic mass is 15.3. The number of hydrogen-bond acceptors (Lipinski definition) is 6. The highest BCUT2D eigenvalue weighted by Crippen LogP contribution is 2.27. The van der Waals surface area contributed by atoms with Crippen molar-refractivity contribution in [2.24, 2.45) is 13.0 Å². The highest BCUT2D eigenvalue weighted by Gasteiger charge is 2.24. The number of piperidine rings is 1. The topological polar surface area (TPSA) is 77.5 Å². The molecule has 0 spiro atoms. The number of aromatic nitrogens is 7. The van der Waals surface area contributed by atoms with E-state index >= 15 is 0 Å². The van der Waals surface area contributed by atoms with Crippen LogP contribution in [0.3, 0.4) is 0 Å². The van der Waals surface area contributed by atoms with Gasteiger partial charge in [0.05, 0.1) is 11.6 Å². The molecule has 4 rings (SSSR count). The van der Waals surface area contributed by atoms with E-state index in [-0.39, 0.29) is 0 Å². The summed E-state index contributed by atoms with van der Waals surface area (Å²) >= 11 is 0. The summed E-state index contributed by atoms with van der Waals surface area (Å²) in [6.07, 6.45) is 5.85. The first-order chi connectivity index (χ1) is 11.6. The fourth-order valence-electron chi connectivity index (χ4n) is 3.59. The summed E-state index contributed by atoms with van der Waals surface area (Å²) < 4.78 is 3.83. The van der Waals surface area contributed by atoms with Crippen LogP contribution in [0.1, 0.15) is 24.5 Å². The molecule has 126 valence electrons. The first kappa shape index (κ1) is 15.0.